The van der Waals surface area contributed by atoms with Gasteiger partial charge in [-0.25, -0.2) is 4.79 Å². The number of rotatable bonds is 5. The summed E-state index contributed by atoms with van der Waals surface area (Å²) in [5.74, 6) is -0.208. The molecule has 184 valence electrons. The van der Waals surface area contributed by atoms with Crippen LogP contribution in [0, 0.1) is 16.7 Å². The number of hydrogen-bond acceptors (Lipinski definition) is 5. The lowest BCUT2D eigenvalue weighted by atomic mass is 9.66. The van der Waals surface area contributed by atoms with Gasteiger partial charge in [0.2, 0.25) is 5.60 Å². The fourth-order valence-corrected chi connectivity index (χ4v) is 7.43. The van der Waals surface area contributed by atoms with Gasteiger partial charge in [-0.3, -0.25) is 9.69 Å². The molecule has 4 atom stereocenters. The average molecular weight is 474 g/mol. The largest absolute Gasteiger partial charge is 0.457 e. The highest BCUT2D eigenvalue weighted by Crippen LogP contribution is 2.66. The number of ether oxygens (including phenoxy) is 2. The number of carbonyl (C=O) groups is 2. The first-order valence-corrected chi connectivity index (χ1v) is 13.1. The molecule has 0 radical (unpaired) electrons. The molecule has 7 rings (SSSR count). The first-order valence-electron chi connectivity index (χ1n) is 13.1. The lowest BCUT2D eigenvalue weighted by Crippen LogP contribution is -2.62. The Morgan fingerprint density at radius 1 is 0.943 bits per heavy atom. The number of carbonyl (C=O) groups excluding carboxylic acids is 2. The summed E-state index contributed by atoms with van der Waals surface area (Å²) in [5, 5.41) is 0. The van der Waals surface area contributed by atoms with E-state index in [-0.39, 0.29) is 30.0 Å². The molecule has 0 unspecified atom stereocenters. The number of hydrogen-bond donors (Lipinski definition) is 0. The van der Waals surface area contributed by atoms with Gasteiger partial charge in [-0.1, -0.05) is 74.5 Å². The van der Waals surface area contributed by atoms with Crippen LogP contribution in [0.3, 0.4) is 0 Å². The Labute approximate surface area is 207 Å². The van der Waals surface area contributed by atoms with E-state index in [0.29, 0.717) is 18.8 Å². The minimum Gasteiger partial charge on any atom is -0.457 e. The summed E-state index contributed by atoms with van der Waals surface area (Å²) in [6.45, 7) is 7.97. The quantitative estimate of drug-likeness (QED) is 0.576. The second-order valence-corrected chi connectivity index (χ2v) is 11.7. The molecule has 4 heterocycles. The molecule has 0 N–H and O–H groups in total. The Kier molecular flexibility index (Phi) is 5.16. The third-order valence-electron chi connectivity index (χ3n) is 10.1. The second-order valence-electron chi connectivity index (χ2n) is 11.7. The molecule has 0 spiro atoms. The lowest BCUT2D eigenvalue weighted by Gasteiger charge is -2.53. The van der Waals surface area contributed by atoms with Crippen molar-refractivity contribution in [2.75, 3.05) is 13.1 Å². The highest BCUT2D eigenvalue weighted by molar-refractivity contribution is 5.93. The van der Waals surface area contributed by atoms with Gasteiger partial charge in [0, 0.05) is 11.3 Å². The summed E-state index contributed by atoms with van der Waals surface area (Å²) in [6, 6.07) is 21.2. The van der Waals surface area contributed by atoms with Crippen molar-refractivity contribution in [3.05, 3.63) is 71.8 Å². The fraction of sp³-hybridized carbons (Fsp3) is 0.533. The predicted octanol–water partition coefficient (Wildman–Crippen LogP) is 4.95. The van der Waals surface area contributed by atoms with Gasteiger partial charge in [-0.15, -0.1) is 0 Å². The number of nitrogens with zero attached hydrogens (tertiary/aromatic N) is 1. The number of piperidine rings is 3. The first-order chi connectivity index (χ1) is 16.8. The summed E-state index contributed by atoms with van der Waals surface area (Å²) in [5.41, 5.74) is 0.0327. The molecule has 0 aromatic heterocycles. The van der Waals surface area contributed by atoms with Crippen LogP contribution in [0.15, 0.2) is 60.7 Å². The monoisotopic (exact) mass is 473 g/mol. The Bertz CT molecular complexity index is 1080. The molecule has 2 aromatic carbocycles. The van der Waals surface area contributed by atoms with Crippen molar-refractivity contribution in [3.63, 3.8) is 0 Å². The molecule has 2 aromatic rings. The van der Waals surface area contributed by atoms with Gasteiger partial charge in [-0.05, 0) is 62.7 Å². The third-order valence-corrected chi connectivity index (χ3v) is 10.1. The Morgan fingerprint density at radius 2 is 1.51 bits per heavy atom. The Morgan fingerprint density at radius 3 is 2.00 bits per heavy atom. The van der Waals surface area contributed by atoms with E-state index in [1.165, 1.54) is 11.1 Å². The van der Waals surface area contributed by atoms with Crippen molar-refractivity contribution in [2.45, 2.75) is 70.1 Å². The van der Waals surface area contributed by atoms with Crippen LogP contribution in [0.25, 0.3) is 0 Å². The fourth-order valence-electron chi connectivity index (χ4n) is 7.43. The van der Waals surface area contributed by atoms with Gasteiger partial charge in [0.15, 0.2) is 0 Å². The third kappa shape index (κ3) is 3.10. The molecule has 5 heteroatoms. The zero-order valence-electron chi connectivity index (χ0n) is 20.9. The van der Waals surface area contributed by atoms with Crippen LogP contribution in [-0.2, 0) is 19.1 Å². The van der Waals surface area contributed by atoms with Crippen LogP contribution in [0.2, 0.25) is 0 Å². The maximum atomic E-state index is 14.0. The van der Waals surface area contributed by atoms with Crippen molar-refractivity contribution in [2.24, 2.45) is 16.7 Å². The van der Waals surface area contributed by atoms with Crippen LogP contribution < -0.4 is 0 Å². The summed E-state index contributed by atoms with van der Waals surface area (Å²) in [7, 11) is 0. The van der Waals surface area contributed by atoms with Crippen LogP contribution in [-0.4, -0.2) is 47.7 Å². The normalized spacial score (nSPS) is 36.9. The minimum atomic E-state index is -1.19. The van der Waals surface area contributed by atoms with Gasteiger partial charge in [0.25, 0.3) is 0 Å². The number of fused-ring (bicyclic) bond motifs is 5. The highest BCUT2D eigenvalue weighted by Gasteiger charge is 2.76. The van der Waals surface area contributed by atoms with E-state index >= 15 is 0 Å². The van der Waals surface area contributed by atoms with Crippen LogP contribution >= 0.6 is 0 Å². The predicted molar refractivity (Wildman–Crippen MR) is 133 cm³/mol. The molecule has 1 saturated carbocycles. The Balaban J connectivity index is 1.38. The molecule has 5 fully saturated rings. The van der Waals surface area contributed by atoms with E-state index in [9.17, 15) is 9.59 Å². The summed E-state index contributed by atoms with van der Waals surface area (Å²) < 4.78 is 12.4. The van der Waals surface area contributed by atoms with E-state index in [0.717, 1.165) is 25.9 Å². The van der Waals surface area contributed by atoms with Gasteiger partial charge < -0.3 is 9.47 Å². The molecular formula is C30H35NO4. The molecule has 1 aliphatic carbocycles. The van der Waals surface area contributed by atoms with E-state index in [4.69, 9.17) is 9.47 Å². The number of esters is 2. The maximum Gasteiger partial charge on any atom is 0.351 e. The SMILES string of the molecule is CC1(C)[C@@]2(C(=O)O[C@@H]3C4CCN(CC4)[C@H]3C(c3ccccc3)c3ccccc3)CC[C@]1(C)C(=O)O2. The van der Waals surface area contributed by atoms with E-state index < -0.39 is 16.4 Å². The molecule has 35 heavy (non-hydrogen) atoms. The summed E-state index contributed by atoms with van der Waals surface area (Å²) in [4.78, 5) is 29.3. The number of benzene rings is 2. The average Bonchev–Trinajstić information content (AvgIpc) is 3.18. The zero-order chi connectivity index (χ0) is 24.4. The van der Waals surface area contributed by atoms with E-state index in [1.807, 2.05) is 32.9 Å². The van der Waals surface area contributed by atoms with Crippen LogP contribution in [0.4, 0.5) is 0 Å². The lowest BCUT2D eigenvalue weighted by molar-refractivity contribution is -0.198. The maximum absolute atomic E-state index is 14.0. The molecule has 0 amide bonds. The molecule has 5 nitrogen and oxygen atoms in total. The molecule has 4 saturated heterocycles. The van der Waals surface area contributed by atoms with Crippen molar-refractivity contribution in [1.82, 2.24) is 4.90 Å². The highest BCUT2D eigenvalue weighted by atomic mass is 16.6. The van der Waals surface area contributed by atoms with Crippen molar-refractivity contribution in [3.8, 4) is 0 Å². The molecule has 4 aliphatic heterocycles. The molecular weight excluding hydrogens is 438 g/mol. The van der Waals surface area contributed by atoms with Crippen LogP contribution in [0.1, 0.15) is 63.5 Å². The van der Waals surface area contributed by atoms with Gasteiger partial charge in [0.1, 0.15) is 6.10 Å². The summed E-state index contributed by atoms with van der Waals surface area (Å²) in [6.07, 6.45) is 3.01. The van der Waals surface area contributed by atoms with Crippen molar-refractivity contribution in [1.29, 1.82) is 0 Å². The summed E-state index contributed by atoms with van der Waals surface area (Å²) >= 11 is 0. The topological polar surface area (TPSA) is 55.8 Å². The van der Waals surface area contributed by atoms with Crippen molar-refractivity contribution >= 4 is 11.9 Å². The minimum absolute atomic E-state index is 0.0423. The Hall–Kier alpha value is -2.66. The van der Waals surface area contributed by atoms with Crippen molar-refractivity contribution < 1.29 is 19.1 Å². The van der Waals surface area contributed by atoms with E-state index in [2.05, 4.69) is 53.4 Å². The molecule has 4 bridgehead atoms. The zero-order valence-corrected chi connectivity index (χ0v) is 20.9. The first kappa shape index (κ1) is 22.8. The van der Waals surface area contributed by atoms with E-state index in [1.54, 1.807) is 0 Å². The molecule has 5 aliphatic rings. The standard InChI is InChI=1S/C30H35NO4/c1-28(2)29(3)16-17-30(28,35-26(29)32)27(33)34-25-22-14-18-31(19-15-22)24(25)23(20-10-6-4-7-11-20)21-12-8-5-9-13-21/h4-13,22-25H,14-19H2,1-3H3/t24-,25+,29+,30-/m0/s1. The van der Waals surface area contributed by atoms with Crippen LogP contribution in [0.5, 0.6) is 0 Å². The smallest absolute Gasteiger partial charge is 0.351 e. The van der Waals surface area contributed by atoms with Gasteiger partial charge in [-0.2, -0.15) is 0 Å². The van der Waals surface area contributed by atoms with Gasteiger partial charge in [0.05, 0.1) is 11.5 Å². The van der Waals surface area contributed by atoms with Gasteiger partial charge >= 0.3 is 11.9 Å². The second kappa shape index (κ2) is 7.92.